The van der Waals surface area contributed by atoms with E-state index in [4.69, 9.17) is 10.00 Å². The molecule has 1 aromatic rings. The molecule has 0 N–H and O–H groups in total. The van der Waals surface area contributed by atoms with Crippen molar-refractivity contribution in [3.8, 4) is 11.8 Å². The second-order valence-corrected chi connectivity index (χ2v) is 3.70. The zero-order chi connectivity index (χ0) is 12.8. The number of likely N-dealkylation sites (N-methyl/N-ethyl adjacent to an activating group) is 1. The normalized spacial score (nSPS) is 10.0. The highest BCUT2D eigenvalue weighted by molar-refractivity contribution is 5.50. The van der Waals surface area contributed by atoms with Gasteiger partial charge in [-0.2, -0.15) is 5.26 Å². The lowest BCUT2D eigenvalue weighted by Crippen LogP contribution is -2.19. The summed E-state index contributed by atoms with van der Waals surface area (Å²) in [6.45, 7) is 1.14. The molecule has 0 aliphatic rings. The number of nitrogens with zero attached hydrogens (tertiary/aromatic N) is 3. The average molecular weight is 235 g/mol. The van der Waals surface area contributed by atoms with Gasteiger partial charge in [-0.3, -0.25) is 10.1 Å². The van der Waals surface area contributed by atoms with E-state index >= 15 is 0 Å². The summed E-state index contributed by atoms with van der Waals surface area (Å²) in [5.41, 5.74) is 0.0689. The maximum Gasteiger partial charge on any atom is 0.271 e. The molecule has 0 aliphatic carbocycles. The van der Waals surface area contributed by atoms with Gasteiger partial charge in [0, 0.05) is 18.7 Å². The molecule has 0 radical (unpaired) electrons. The summed E-state index contributed by atoms with van der Waals surface area (Å²) in [6.07, 6.45) is 0. The topological polar surface area (TPSA) is 79.4 Å². The minimum atomic E-state index is -0.537. The molecule has 90 valence electrons. The molecule has 0 saturated heterocycles. The predicted molar refractivity (Wildman–Crippen MR) is 61.9 cm³/mol. The van der Waals surface area contributed by atoms with Crippen LogP contribution in [0.25, 0.3) is 0 Å². The molecule has 1 aromatic carbocycles. The first-order chi connectivity index (χ1) is 8.04. The van der Waals surface area contributed by atoms with E-state index in [9.17, 15) is 10.1 Å². The Morgan fingerprint density at radius 3 is 2.76 bits per heavy atom. The first-order valence-corrected chi connectivity index (χ1v) is 5.00. The monoisotopic (exact) mass is 235 g/mol. The van der Waals surface area contributed by atoms with Gasteiger partial charge in [-0.25, -0.2) is 0 Å². The number of hydrogen-bond donors (Lipinski definition) is 0. The molecule has 0 heterocycles. The van der Waals surface area contributed by atoms with Gasteiger partial charge in [0.25, 0.3) is 5.69 Å². The molecule has 0 fully saturated rings. The van der Waals surface area contributed by atoms with Crippen LogP contribution < -0.4 is 4.74 Å². The molecule has 0 unspecified atom stereocenters. The fraction of sp³-hybridized carbons (Fsp3) is 0.364. The highest BCUT2D eigenvalue weighted by atomic mass is 16.6. The summed E-state index contributed by atoms with van der Waals surface area (Å²) in [5.74, 6) is 0.375. The van der Waals surface area contributed by atoms with E-state index in [0.29, 0.717) is 18.9 Å². The molecule has 1 rings (SSSR count). The molecule has 0 aromatic heterocycles. The summed E-state index contributed by atoms with van der Waals surface area (Å²) < 4.78 is 5.39. The smallest absolute Gasteiger partial charge is 0.271 e. The van der Waals surface area contributed by atoms with Crippen molar-refractivity contribution in [3.63, 3.8) is 0 Å². The van der Waals surface area contributed by atoms with Gasteiger partial charge in [0.05, 0.1) is 4.92 Å². The van der Waals surface area contributed by atoms with E-state index in [-0.39, 0.29) is 11.3 Å². The van der Waals surface area contributed by atoms with Crippen LogP contribution in [0.2, 0.25) is 0 Å². The Labute approximate surface area is 99.2 Å². The number of nitro groups is 1. The third kappa shape index (κ3) is 3.74. The van der Waals surface area contributed by atoms with Crippen LogP contribution in [-0.4, -0.2) is 37.1 Å². The molecule has 0 amide bonds. The van der Waals surface area contributed by atoms with Crippen molar-refractivity contribution < 1.29 is 9.66 Å². The standard InChI is InChI=1S/C11H13N3O3/c1-13(2)5-6-17-11-4-3-10(14(15)16)7-9(11)8-12/h3-4,7H,5-6H2,1-2H3. The van der Waals surface area contributed by atoms with E-state index < -0.39 is 4.92 Å². The van der Waals surface area contributed by atoms with Crippen molar-refractivity contribution in [2.75, 3.05) is 27.2 Å². The Hall–Kier alpha value is -2.13. The van der Waals surface area contributed by atoms with Gasteiger partial charge < -0.3 is 9.64 Å². The molecule has 0 atom stereocenters. The van der Waals surface area contributed by atoms with E-state index in [0.717, 1.165) is 0 Å². The van der Waals surface area contributed by atoms with Crippen molar-refractivity contribution in [3.05, 3.63) is 33.9 Å². The minimum Gasteiger partial charge on any atom is -0.491 e. The summed E-state index contributed by atoms with van der Waals surface area (Å²) in [4.78, 5) is 11.9. The molecule has 0 spiro atoms. The molecular formula is C11H13N3O3. The van der Waals surface area contributed by atoms with Gasteiger partial charge >= 0.3 is 0 Å². The molecular weight excluding hydrogens is 222 g/mol. The van der Waals surface area contributed by atoms with Crippen molar-refractivity contribution >= 4 is 5.69 Å². The number of nitriles is 1. The minimum absolute atomic E-state index is 0.110. The molecule has 6 heteroatoms. The van der Waals surface area contributed by atoms with E-state index in [1.165, 1.54) is 18.2 Å². The highest BCUT2D eigenvalue weighted by Gasteiger charge is 2.11. The average Bonchev–Trinajstić information content (AvgIpc) is 2.28. The third-order valence-corrected chi connectivity index (χ3v) is 2.09. The molecule has 0 saturated carbocycles. The molecule has 0 aliphatic heterocycles. The predicted octanol–water partition coefficient (Wildman–Crippen LogP) is 1.41. The van der Waals surface area contributed by atoms with Crippen molar-refractivity contribution in [1.29, 1.82) is 5.26 Å². The van der Waals surface area contributed by atoms with Gasteiger partial charge in [0.15, 0.2) is 0 Å². The summed E-state index contributed by atoms with van der Waals surface area (Å²) in [6, 6.07) is 5.88. The maximum atomic E-state index is 10.5. The van der Waals surface area contributed by atoms with Gasteiger partial charge in [0.1, 0.15) is 24.0 Å². The number of ether oxygens (including phenoxy) is 1. The lowest BCUT2D eigenvalue weighted by Gasteiger charge is -2.11. The Morgan fingerprint density at radius 2 is 2.24 bits per heavy atom. The van der Waals surface area contributed by atoms with Crippen LogP contribution in [0.4, 0.5) is 5.69 Å². The van der Waals surface area contributed by atoms with Gasteiger partial charge in [0.2, 0.25) is 0 Å². The van der Waals surface area contributed by atoms with Gasteiger partial charge in [-0.05, 0) is 20.2 Å². The number of nitro benzene ring substituents is 1. The number of benzene rings is 1. The second-order valence-electron chi connectivity index (χ2n) is 3.70. The fourth-order valence-corrected chi connectivity index (χ4v) is 1.18. The number of hydrogen-bond acceptors (Lipinski definition) is 5. The van der Waals surface area contributed by atoms with Crippen LogP contribution in [0.15, 0.2) is 18.2 Å². The second kappa shape index (κ2) is 5.82. The third-order valence-electron chi connectivity index (χ3n) is 2.09. The number of non-ortho nitro benzene ring substituents is 1. The summed E-state index contributed by atoms with van der Waals surface area (Å²) in [5, 5.41) is 19.4. The van der Waals surface area contributed by atoms with E-state index in [2.05, 4.69) is 0 Å². The SMILES string of the molecule is CN(C)CCOc1ccc([N+](=O)[O-])cc1C#N. The van der Waals surface area contributed by atoms with Crippen molar-refractivity contribution in [1.82, 2.24) is 4.90 Å². The molecule has 17 heavy (non-hydrogen) atoms. The van der Waals surface area contributed by atoms with E-state index in [1.807, 2.05) is 25.1 Å². The highest BCUT2D eigenvalue weighted by Crippen LogP contribution is 2.23. The van der Waals surface area contributed by atoms with Crippen molar-refractivity contribution in [2.45, 2.75) is 0 Å². The van der Waals surface area contributed by atoms with Crippen LogP contribution >= 0.6 is 0 Å². The fourth-order valence-electron chi connectivity index (χ4n) is 1.18. The van der Waals surface area contributed by atoms with Gasteiger partial charge in [-0.15, -0.1) is 0 Å². The zero-order valence-electron chi connectivity index (χ0n) is 9.71. The van der Waals surface area contributed by atoms with E-state index in [1.54, 1.807) is 0 Å². The Kier molecular flexibility index (Phi) is 4.43. The van der Waals surface area contributed by atoms with Gasteiger partial charge in [-0.1, -0.05) is 0 Å². The number of rotatable bonds is 5. The largest absolute Gasteiger partial charge is 0.491 e. The lowest BCUT2D eigenvalue weighted by molar-refractivity contribution is -0.384. The quantitative estimate of drug-likeness (QED) is 0.569. The molecule has 6 nitrogen and oxygen atoms in total. The summed E-state index contributed by atoms with van der Waals surface area (Å²) in [7, 11) is 3.81. The van der Waals surface area contributed by atoms with Crippen LogP contribution in [0.5, 0.6) is 5.75 Å². The van der Waals surface area contributed by atoms with Crippen LogP contribution in [0.1, 0.15) is 5.56 Å². The Balaban J connectivity index is 2.79. The summed E-state index contributed by atoms with van der Waals surface area (Å²) >= 11 is 0. The van der Waals surface area contributed by atoms with Crippen LogP contribution in [0, 0.1) is 21.4 Å². The lowest BCUT2D eigenvalue weighted by atomic mass is 10.2. The zero-order valence-corrected chi connectivity index (χ0v) is 9.71. The Bertz CT molecular complexity index is 452. The van der Waals surface area contributed by atoms with Crippen LogP contribution in [-0.2, 0) is 0 Å². The Morgan fingerprint density at radius 1 is 1.53 bits per heavy atom. The van der Waals surface area contributed by atoms with Crippen molar-refractivity contribution in [2.24, 2.45) is 0 Å². The molecule has 0 bridgehead atoms. The maximum absolute atomic E-state index is 10.5. The first-order valence-electron chi connectivity index (χ1n) is 5.00. The van der Waals surface area contributed by atoms with Crippen LogP contribution in [0.3, 0.4) is 0 Å². The first kappa shape index (κ1) is 12.9.